The molecular weight excluding hydrogens is 282 g/mol. The molecule has 2 aromatic heterocycles. The van der Waals surface area contributed by atoms with Crippen LogP contribution in [0.1, 0.15) is 15.1 Å². The van der Waals surface area contributed by atoms with E-state index in [1.54, 1.807) is 0 Å². The molecule has 0 amide bonds. The van der Waals surface area contributed by atoms with Crippen LogP contribution in [0, 0.1) is 0 Å². The van der Waals surface area contributed by atoms with Gasteiger partial charge in [-0.05, 0) is 11.6 Å². The predicted molar refractivity (Wildman–Crippen MR) is 74.1 cm³/mol. The summed E-state index contributed by atoms with van der Waals surface area (Å²) in [6.07, 6.45) is -0.575. The second-order valence-electron chi connectivity index (χ2n) is 3.50. The van der Waals surface area contributed by atoms with E-state index in [2.05, 4.69) is 19.7 Å². The van der Waals surface area contributed by atoms with E-state index in [9.17, 15) is 0 Å². The van der Waals surface area contributed by atoms with E-state index < -0.39 is 45.5 Å². The van der Waals surface area contributed by atoms with E-state index in [0.717, 1.165) is 4.57 Å². The first-order valence-electron chi connectivity index (χ1n) is 10.8. The first-order valence-corrected chi connectivity index (χ1v) is 5.72. The molecular formula is C12H16ClN5O2. The van der Waals surface area contributed by atoms with Gasteiger partial charge in [0.25, 0.3) is 0 Å². The molecule has 0 radical (unpaired) electrons. The highest BCUT2D eigenvalue weighted by Crippen LogP contribution is 2.23. The molecule has 1 aliphatic heterocycles. The molecule has 0 N–H and O–H groups in total. The molecule has 3 heterocycles. The topological polar surface area (TPSA) is 65.3 Å². The zero-order valence-corrected chi connectivity index (χ0v) is 10.9. The molecule has 0 atom stereocenters. The van der Waals surface area contributed by atoms with Gasteiger partial charge >= 0.3 is 0 Å². The van der Waals surface area contributed by atoms with Gasteiger partial charge < -0.3 is 14.0 Å². The molecule has 0 unspecified atom stereocenters. The van der Waals surface area contributed by atoms with Gasteiger partial charge in [-0.1, -0.05) is 0 Å². The van der Waals surface area contributed by atoms with Gasteiger partial charge in [0.2, 0.25) is 11.2 Å². The molecule has 1 fully saturated rings. The van der Waals surface area contributed by atoms with Crippen LogP contribution in [0.15, 0.2) is 6.30 Å². The number of morpholine rings is 1. The average Bonchev–Trinajstić information content (AvgIpc) is 2.85. The van der Waals surface area contributed by atoms with Gasteiger partial charge in [0.05, 0.1) is 32.0 Å². The van der Waals surface area contributed by atoms with Crippen LogP contribution in [0.25, 0.3) is 11.2 Å². The lowest BCUT2D eigenvalue weighted by Crippen LogP contribution is -2.38. The van der Waals surface area contributed by atoms with Crippen molar-refractivity contribution in [2.24, 2.45) is 0 Å². The van der Waals surface area contributed by atoms with Gasteiger partial charge in [-0.3, -0.25) is 4.90 Å². The summed E-state index contributed by atoms with van der Waals surface area (Å²) >= 11 is 5.77. The minimum absolute atomic E-state index is 0.0961. The molecule has 0 spiro atoms. The van der Waals surface area contributed by atoms with Crippen LogP contribution in [0.5, 0.6) is 5.88 Å². The fourth-order valence-electron chi connectivity index (χ4n) is 1.54. The Bertz CT molecular complexity index is 1000. The SMILES string of the molecule is [2H]c1nc2nc(Cl)nc(OC)c2n1CC([2H])([2H])N1C([2H])([2H])C([2H])([2H])OC([2H])([2H])C1([2H])[2H]. The quantitative estimate of drug-likeness (QED) is 0.779. The van der Waals surface area contributed by atoms with Crippen molar-refractivity contribution in [3.8, 4) is 5.88 Å². The van der Waals surface area contributed by atoms with Crippen LogP contribution in [0.2, 0.25) is 5.28 Å². The smallest absolute Gasteiger partial charge is 0.244 e. The second-order valence-corrected chi connectivity index (χ2v) is 3.83. The maximum Gasteiger partial charge on any atom is 0.244 e. The zero-order valence-electron chi connectivity index (χ0n) is 21.1. The Balaban J connectivity index is 2.18. The van der Waals surface area contributed by atoms with E-state index >= 15 is 0 Å². The second kappa shape index (κ2) is 5.90. The number of methoxy groups -OCH3 is 1. The predicted octanol–water partition coefficient (Wildman–Crippen LogP) is 0.821. The summed E-state index contributed by atoms with van der Waals surface area (Å²) in [5, 5.41) is -0.265. The molecule has 7 nitrogen and oxygen atoms in total. The van der Waals surface area contributed by atoms with E-state index in [-0.39, 0.29) is 27.2 Å². The highest BCUT2D eigenvalue weighted by molar-refractivity contribution is 6.28. The third-order valence-corrected chi connectivity index (χ3v) is 2.52. The van der Waals surface area contributed by atoms with Crippen molar-refractivity contribution in [1.29, 1.82) is 0 Å². The molecule has 0 saturated carbocycles. The maximum atomic E-state index is 8.39. The minimum Gasteiger partial charge on any atom is -0.479 e. The Morgan fingerprint density at radius 2 is 2.35 bits per heavy atom. The number of imidazole rings is 1. The van der Waals surface area contributed by atoms with Gasteiger partial charge in [0, 0.05) is 34.3 Å². The number of nitrogens with zero attached hydrogens (tertiary/aromatic N) is 5. The number of ether oxygens (including phenoxy) is 2. The van der Waals surface area contributed by atoms with Crippen molar-refractivity contribution in [1.82, 2.24) is 24.4 Å². The summed E-state index contributed by atoms with van der Waals surface area (Å²) in [5.74, 6) is -0.185. The molecule has 0 aliphatic carbocycles. The fraction of sp³-hybridized carbons (Fsp3) is 0.583. The Morgan fingerprint density at radius 1 is 1.55 bits per heavy atom. The highest BCUT2D eigenvalue weighted by Gasteiger charge is 2.15. The Morgan fingerprint density at radius 3 is 3.10 bits per heavy atom. The van der Waals surface area contributed by atoms with Crippen LogP contribution in [-0.2, 0) is 11.3 Å². The number of aryl methyl sites for hydroxylation is 1. The number of hydrogen-bond donors (Lipinski definition) is 0. The van der Waals surface area contributed by atoms with Crippen molar-refractivity contribution >= 4 is 22.8 Å². The van der Waals surface area contributed by atoms with Crippen LogP contribution in [0.3, 0.4) is 0 Å². The van der Waals surface area contributed by atoms with Crippen LogP contribution in [0.4, 0.5) is 0 Å². The van der Waals surface area contributed by atoms with Crippen molar-refractivity contribution in [3.63, 3.8) is 0 Å². The normalized spacial score (nSPS) is 35.6. The summed E-state index contributed by atoms with van der Waals surface area (Å²) in [4.78, 5) is 11.2. The molecule has 2 aromatic rings. The van der Waals surface area contributed by atoms with Crippen molar-refractivity contribution < 1.29 is 24.6 Å². The highest BCUT2D eigenvalue weighted by atomic mass is 35.5. The number of hydrogen-bond acceptors (Lipinski definition) is 6. The lowest BCUT2D eigenvalue weighted by atomic mass is 10.4. The summed E-state index contributed by atoms with van der Waals surface area (Å²) in [6, 6.07) is 0. The van der Waals surface area contributed by atoms with Crippen LogP contribution >= 0.6 is 11.6 Å². The number of fused-ring (bicyclic) bond motifs is 1. The molecule has 1 saturated heterocycles. The average molecular weight is 309 g/mol. The van der Waals surface area contributed by atoms with Crippen molar-refractivity contribution in [3.05, 3.63) is 11.6 Å². The van der Waals surface area contributed by atoms with E-state index in [1.807, 2.05) is 0 Å². The minimum atomic E-state index is -3.46. The monoisotopic (exact) mass is 308 g/mol. The molecule has 3 rings (SSSR count). The van der Waals surface area contributed by atoms with Gasteiger partial charge in [-0.15, -0.1) is 0 Å². The van der Waals surface area contributed by atoms with Gasteiger partial charge in [0.1, 0.15) is 1.37 Å². The van der Waals surface area contributed by atoms with E-state index in [0.29, 0.717) is 0 Å². The van der Waals surface area contributed by atoms with Gasteiger partial charge in [0.15, 0.2) is 11.2 Å². The summed E-state index contributed by atoms with van der Waals surface area (Å²) in [7, 11) is 1.22. The van der Waals surface area contributed by atoms with Gasteiger partial charge in [-0.25, -0.2) is 4.98 Å². The van der Waals surface area contributed by atoms with E-state index in [4.69, 9.17) is 31.4 Å². The zero-order chi connectivity index (χ0) is 23.8. The maximum absolute atomic E-state index is 8.39. The molecule has 0 bridgehead atoms. The summed E-state index contributed by atoms with van der Waals surface area (Å²) < 4.78 is 98.2. The van der Waals surface area contributed by atoms with Crippen LogP contribution in [-0.4, -0.2) is 64.1 Å². The van der Waals surface area contributed by atoms with E-state index in [1.165, 1.54) is 7.11 Å². The first-order chi connectivity index (χ1) is 13.9. The Labute approximate surface area is 136 Å². The molecule has 0 aromatic carbocycles. The summed E-state index contributed by atoms with van der Waals surface area (Å²) in [6.45, 7) is -17.9. The molecule has 108 valence electrons. The van der Waals surface area contributed by atoms with Gasteiger partial charge in [-0.2, -0.15) is 9.97 Å². The lowest BCUT2D eigenvalue weighted by molar-refractivity contribution is 0.0365. The summed E-state index contributed by atoms with van der Waals surface area (Å²) in [5.41, 5.74) is -0.238. The number of aromatic nitrogens is 4. The third-order valence-electron chi connectivity index (χ3n) is 2.35. The van der Waals surface area contributed by atoms with Crippen molar-refractivity contribution in [2.45, 2.75) is 6.54 Å². The number of halogens is 1. The first kappa shape index (κ1) is 5.75. The van der Waals surface area contributed by atoms with Crippen molar-refractivity contribution in [2.75, 3.05) is 39.7 Å². The van der Waals surface area contributed by atoms with Crippen LogP contribution < -0.4 is 4.74 Å². The molecule has 20 heavy (non-hydrogen) atoms. The fourth-order valence-corrected chi connectivity index (χ4v) is 1.69. The standard InChI is InChI=1S/C12H16ClN5O2/c1-19-11-9-10(15-12(13)16-11)14-8-18(9)3-2-17-4-6-20-7-5-17/h8H,2-7H2,1H3/i2D2,4D2,5D2,6D2,7D2,8D. The third kappa shape index (κ3) is 2.70. The molecule has 8 heteroatoms. The lowest BCUT2D eigenvalue weighted by Gasteiger charge is -2.26. The molecule has 1 aliphatic rings. The largest absolute Gasteiger partial charge is 0.479 e. The Kier molecular flexibility index (Phi) is 1.70. The number of rotatable bonds is 4. The Hall–Kier alpha value is -1.44.